The van der Waals surface area contributed by atoms with Gasteiger partial charge in [0.1, 0.15) is 0 Å². The largest absolute Gasteiger partial charge is 0.495 e. The van der Waals surface area contributed by atoms with Gasteiger partial charge in [-0.3, -0.25) is 4.90 Å². The monoisotopic (exact) mass is 490 g/mol. The third-order valence-corrected chi connectivity index (χ3v) is 5.49. The summed E-state index contributed by atoms with van der Waals surface area (Å²) in [5.74, 6) is -2.34. The average molecular weight is 490 g/mol. The maximum Gasteiger partial charge on any atom is 0.495 e. The Morgan fingerprint density at radius 1 is 1.15 bits per heavy atom. The molecule has 0 atom stereocenters. The number of alkyl halides is 3. The van der Waals surface area contributed by atoms with Crippen molar-refractivity contribution in [1.82, 2.24) is 9.97 Å². The minimum absolute atomic E-state index is 0.0460. The first-order valence-corrected chi connectivity index (χ1v) is 10.9. The van der Waals surface area contributed by atoms with Crippen LogP contribution >= 0.6 is 11.3 Å². The lowest BCUT2D eigenvalue weighted by molar-refractivity contribution is -0.841. The number of aromatic nitrogens is 3. The van der Waals surface area contributed by atoms with Crippen LogP contribution in [0.15, 0.2) is 47.3 Å². The highest BCUT2D eigenvalue weighted by molar-refractivity contribution is 7.07. The molecule has 2 aromatic carbocycles. The van der Waals surface area contributed by atoms with Crippen molar-refractivity contribution in [1.29, 1.82) is 0 Å². The molecule has 0 saturated heterocycles. The fraction of sp³-hybridized carbons (Fsp3) is 0.182. The van der Waals surface area contributed by atoms with E-state index in [-0.39, 0.29) is 22.7 Å². The number of rotatable bonds is 4. The molecule has 0 aliphatic carbocycles. The van der Waals surface area contributed by atoms with Crippen LogP contribution in [0.2, 0.25) is 0 Å². The number of aryl methyl sites for hydroxylation is 2. The van der Waals surface area contributed by atoms with Crippen LogP contribution in [0.4, 0.5) is 29.3 Å². The molecule has 4 aromatic rings. The van der Waals surface area contributed by atoms with Crippen LogP contribution in [-0.4, -0.2) is 35.2 Å². The van der Waals surface area contributed by atoms with Crippen molar-refractivity contribution >= 4 is 45.7 Å². The van der Waals surface area contributed by atoms with Gasteiger partial charge in [-0.2, -0.15) is 13.2 Å². The standard InChI is InChI=1S/C22H18F3N5O3S/c1-12-6-13(2)8-15(7-12)29(3)21(32)27-14-4-5-16-18(9-14)30(33-20(31)22(23,24)25)19(28-16)17-10-34-11-26-17/h4-11H,1-3H3,(H,27,32)/p+1. The van der Waals surface area contributed by atoms with Crippen molar-refractivity contribution in [3.05, 3.63) is 58.4 Å². The molecule has 8 nitrogen and oxygen atoms in total. The third-order valence-electron chi connectivity index (χ3n) is 4.90. The molecule has 0 aliphatic heterocycles. The number of aromatic amines is 1. The van der Waals surface area contributed by atoms with Gasteiger partial charge in [0.2, 0.25) is 5.52 Å². The highest BCUT2D eigenvalue weighted by Gasteiger charge is 2.44. The predicted molar refractivity (Wildman–Crippen MR) is 121 cm³/mol. The number of anilines is 2. The van der Waals surface area contributed by atoms with Crippen molar-refractivity contribution < 1.29 is 32.3 Å². The number of halogens is 3. The number of fused-ring (bicyclic) bond motifs is 1. The maximum absolute atomic E-state index is 12.9. The number of amides is 2. The molecule has 2 heterocycles. The van der Waals surface area contributed by atoms with Crippen molar-refractivity contribution in [2.75, 3.05) is 17.3 Å². The van der Waals surface area contributed by atoms with E-state index in [0.717, 1.165) is 15.9 Å². The second kappa shape index (κ2) is 8.78. The zero-order chi connectivity index (χ0) is 24.6. The van der Waals surface area contributed by atoms with Crippen LogP contribution in [0.3, 0.4) is 0 Å². The Hall–Kier alpha value is -3.93. The van der Waals surface area contributed by atoms with E-state index < -0.39 is 18.2 Å². The van der Waals surface area contributed by atoms with Gasteiger partial charge < -0.3 is 5.32 Å². The van der Waals surface area contributed by atoms with Crippen LogP contribution in [0.1, 0.15) is 11.1 Å². The lowest BCUT2D eigenvalue weighted by Gasteiger charge is -2.19. The van der Waals surface area contributed by atoms with Gasteiger partial charge >= 0.3 is 24.0 Å². The number of carbonyl (C=O) groups excluding carboxylic acids is 2. The first kappa shape index (κ1) is 23.2. The van der Waals surface area contributed by atoms with E-state index in [1.54, 1.807) is 24.6 Å². The van der Waals surface area contributed by atoms with Gasteiger partial charge in [-0.15, -0.1) is 11.3 Å². The highest BCUT2D eigenvalue weighted by atomic mass is 32.1. The van der Waals surface area contributed by atoms with Crippen LogP contribution in [0, 0.1) is 13.8 Å². The molecule has 0 radical (unpaired) electrons. The normalized spacial score (nSPS) is 11.5. The molecule has 0 saturated carbocycles. The second-order valence-electron chi connectivity index (χ2n) is 7.59. The van der Waals surface area contributed by atoms with Crippen LogP contribution < -0.4 is 19.8 Å². The lowest BCUT2D eigenvalue weighted by atomic mass is 10.1. The fourth-order valence-corrected chi connectivity index (χ4v) is 3.91. The summed E-state index contributed by atoms with van der Waals surface area (Å²) in [6.07, 6.45) is -5.20. The first-order chi connectivity index (χ1) is 16.0. The molecule has 0 unspecified atom stereocenters. The molecular weight excluding hydrogens is 471 g/mol. The number of nitrogens with zero attached hydrogens (tertiary/aromatic N) is 3. The number of hydrogen-bond acceptors (Lipinski definition) is 5. The Bertz CT molecular complexity index is 1360. The summed E-state index contributed by atoms with van der Waals surface area (Å²) < 4.78 is 39.4. The summed E-state index contributed by atoms with van der Waals surface area (Å²) >= 11 is 1.22. The fourth-order valence-electron chi connectivity index (χ4n) is 3.38. The molecule has 176 valence electrons. The van der Waals surface area contributed by atoms with E-state index >= 15 is 0 Å². The quantitative estimate of drug-likeness (QED) is 0.416. The van der Waals surface area contributed by atoms with Crippen molar-refractivity contribution in [3.63, 3.8) is 0 Å². The molecule has 2 N–H and O–H groups in total. The van der Waals surface area contributed by atoms with E-state index in [1.165, 1.54) is 27.8 Å². The van der Waals surface area contributed by atoms with Gasteiger partial charge in [-0.05, 0) is 54.0 Å². The number of hydrogen-bond donors (Lipinski definition) is 2. The molecule has 0 spiro atoms. The summed E-state index contributed by atoms with van der Waals surface area (Å²) in [6.45, 7) is 3.84. The molecule has 4 rings (SSSR count). The smallest absolute Gasteiger partial charge is 0.307 e. The molecule has 0 bridgehead atoms. The van der Waals surface area contributed by atoms with E-state index in [4.69, 9.17) is 0 Å². The first-order valence-electron chi connectivity index (χ1n) is 9.92. The van der Waals surface area contributed by atoms with Gasteiger partial charge in [0, 0.05) is 29.9 Å². The highest BCUT2D eigenvalue weighted by Crippen LogP contribution is 2.24. The Morgan fingerprint density at radius 2 is 1.85 bits per heavy atom. The zero-order valence-electron chi connectivity index (χ0n) is 18.2. The third kappa shape index (κ3) is 4.71. The SMILES string of the molecule is Cc1cc(C)cc(N(C)C(=O)Nc2ccc3[nH]c(-c4cscn4)[n+](OC(=O)C(F)(F)F)c3c2)c1. The van der Waals surface area contributed by atoms with E-state index in [2.05, 4.69) is 20.1 Å². The number of urea groups is 1. The van der Waals surface area contributed by atoms with Gasteiger partial charge in [0.25, 0.3) is 0 Å². The average Bonchev–Trinajstić information content (AvgIpc) is 3.40. The van der Waals surface area contributed by atoms with E-state index in [9.17, 15) is 22.8 Å². The van der Waals surface area contributed by atoms with Crippen molar-refractivity contribution in [3.8, 4) is 11.5 Å². The van der Waals surface area contributed by atoms with Crippen LogP contribution in [-0.2, 0) is 4.79 Å². The molecular formula is C22H19F3N5O3S+. The van der Waals surface area contributed by atoms with Gasteiger partial charge in [-0.1, -0.05) is 6.07 Å². The maximum atomic E-state index is 12.9. The lowest BCUT2D eigenvalue weighted by Crippen LogP contribution is -2.51. The number of nitrogens with one attached hydrogen (secondary N) is 2. The Labute approximate surface area is 195 Å². The zero-order valence-corrected chi connectivity index (χ0v) is 19.0. The number of thiazole rings is 1. The summed E-state index contributed by atoms with van der Waals surface area (Å²) in [7, 11) is 1.60. The molecule has 12 heteroatoms. The predicted octanol–water partition coefficient (Wildman–Crippen LogP) is 4.38. The van der Waals surface area contributed by atoms with E-state index in [1.807, 2.05) is 32.0 Å². The minimum atomic E-state index is -5.20. The van der Waals surface area contributed by atoms with Gasteiger partial charge in [0.15, 0.2) is 11.2 Å². The second-order valence-corrected chi connectivity index (χ2v) is 8.30. The summed E-state index contributed by atoms with van der Waals surface area (Å²) in [5, 5.41) is 4.30. The topological polar surface area (TPSA) is 91.2 Å². The Morgan fingerprint density at radius 3 is 2.47 bits per heavy atom. The summed E-state index contributed by atoms with van der Waals surface area (Å²) in [4.78, 5) is 37.4. The number of imidazole rings is 1. The molecule has 2 aromatic heterocycles. The number of H-pyrrole nitrogens is 1. The van der Waals surface area contributed by atoms with Gasteiger partial charge in [-0.25, -0.2) is 24.4 Å². The summed E-state index contributed by atoms with van der Waals surface area (Å²) in [5.41, 5.74) is 5.20. The van der Waals surface area contributed by atoms with Crippen molar-refractivity contribution in [2.45, 2.75) is 20.0 Å². The molecule has 34 heavy (non-hydrogen) atoms. The van der Waals surface area contributed by atoms with Crippen LogP contribution in [0.5, 0.6) is 0 Å². The minimum Gasteiger partial charge on any atom is -0.307 e. The Balaban J connectivity index is 1.69. The molecule has 0 aliphatic rings. The van der Waals surface area contributed by atoms with Crippen molar-refractivity contribution in [2.24, 2.45) is 0 Å². The van der Waals surface area contributed by atoms with E-state index in [0.29, 0.717) is 11.2 Å². The van der Waals surface area contributed by atoms with Gasteiger partial charge in [0.05, 0.1) is 5.51 Å². The summed E-state index contributed by atoms with van der Waals surface area (Å²) in [6, 6.07) is 9.76. The molecule has 0 fully saturated rings. The van der Waals surface area contributed by atoms with Crippen LogP contribution in [0.25, 0.3) is 22.6 Å². The number of carbonyl (C=O) groups is 2. The number of benzene rings is 2. The molecule has 2 amide bonds. The Kier molecular flexibility index (Phi) is 6.00.